The maximum absolute atomic E-state index is 3.55. The summed E-state index contributed by atoms with van der Waals surface area (Å²) in [5, 5.41) is 7.10. The van der Waals surface area contributed by atoms with E-state index in [-0.39, 0.29) is 0 Å². The fraction of sp³-hybridized carbons (Fsp3) is 0.333. The minimum atomic E-state index is 0.359. The molecule has 22 heavy (non-hydrogen) atoms. The summed E-state index contributed by atoms with van der Waals surface area (Å²) in [6.07, 6.45) is 0. The van der Waals surface area contributed by atoms with Gasteiger partial charge in [0.05, 0.1) is 0 Å². The molecule has 0 aromatic heterocycles. The zero-order valence-electron chi connectivity index (χ0n) is 12.9. The SMILES string of the molecule is C[C@@H](NCCN[C@H](C)c1ccc(Br)cc1)c1ccc(Br)cc1. The van der Waals surface area contributed by atoms with Gasteiger partial charge in [0.2, 0.25) is 0 Å². The van der Waals surface area contributed by atoms with E-state index in [1.165, 1.54) is 11.1 Å². The van der Waals surface area contributed by atoms with Crippen LogP contribution in [0.25, 0.3) is 0 Å². The largest absolute Gasteiger partial charge is 0.309 e. The van der Waals surface area contributed by atoms with Crippen molar-refractivity contribution in [2.24, 2.45) is 0 Å². The van der Waals surface area contributed by atoms with E-state index in [1.807, 2.05) is 0 Å². The fourth-order valence-corrected chi connectivity index (χ4v) is 2.84. The Labute approximate surface area is 150 Å². The standard InChI is InChI=1S/C18H22Br2N2/c1-13(15-3-7-17(19)8-4-15)21-11-12-22-14(2)16-5-9-18(20)10-6-16/h3-10,13-14,21-22H,11-12H2,1-2H3/t13-,14-/m1/s1. The first-order valence-corrected chi connectivity index (χ1v) is 9.12. The van der Waals surface area contributed by atoms with Gasteiger partial charge in [0, 0.05) is 34.1 Å². The number of nitrogens with one attached hydrogen (secondary N) is 2. The van der Waals surface area contributed by atoms with E-state index >= 15 is 0 Å². The monoisotopic (exact) mass is 424 g/mol. The number of hydrogen-bond donors (Lipinski definition) is 2. The summed E-state index contributed by atoms with van der Waals surface area (Å²) in [6, 6.07) is 17.7. The van der Waals surface area contributed by atoms with Crippen LogP contribution in [0.3, 0.4) is 0 Å². The summed E-state index contributed by atoms with van der Waals surface area (Å²) in [4.78, 5) is 0. The molecular formula is C18H22Br2N2. The molecule has 2 rings (SSSR count). The van der Waals surface area contributed by atoms with Gasteiger partial charge in [-0.3, -0.25) is 0 Å². The van der Waals surface area contributed by atoms with E-state index in [9.17, 15) is 0 Å². The highest BCUT2D eigenvalue weighted by Crippen LogP contribution is 2.17. The third-order valence-corrected chi connectivity index (χ3v) is 4.82. The van der Waals surface area contributed by atoms with Gasteiger partial charge >= 0.3 is 0 Å². The molecule has 0 fully saturated rings. The number of halogens is 2. The van der Waals surface area contributed by atoms with Crippen LogP contribution in [0.4, 0.5) is 0 Å². The van der Waals surface area contributed by atoms with Crippen LogP contribution in [0.2, 0.25) is 0 Å². The van der Waals surface area contributed by atoms with Crippen molar-refractivity contribution in [3.8, 4) is 0 Å². The van der Waals surface area contributed by atoms with Crippen LogP contribution in [-0.2, 0) is 0 Å². The first-order valence-electron chi connectivity index (χ1n) is 7.54. The predicted octanol–water partition coefficient (Wildman–Crippen LogP) is 5.21. The molecule has 2 nitrogen and oxygen atoms in total. The van der Waals surface area contributed by atoms with E-state index in [2.05, 4.69) is 105 Å². The molecular weight excluding hydrogens is 404 g/mol. The predicted molar refractivity (Wildman–Crippen MR) is 101 cm³/mol. The van der Waals surface area contributed by atoms with Gasteiger partial charge in [0.25, 0.3) is 0 Å². The average molecular weight is 426 g/mol. The summed E-state index contributed by atoms with van der Waals surface area (Å²) in [5.74, 6) is 0. The van der Waals surface area contributed by atoms with Gasteiger partial charge in [-0.05, 0) is 49.2 Å². The van der Waals surface area contributed by atoms with E-state index in [0.717, 1.165) is 22.0 Å². The maximum Gasteiger partial charge on any atom is 0.0292 e. The lowest BCUT2D eigenvalue weighted by molar-refractivity contribution is 0.511. The summed E-state index contributed by atoms with van der Waals surface area (Å²) >= 11 is 6.94. The first kappa shape index (κ1) is 17.7. The minimum Gasteiger partial charge on any atom is -0.309 e. The summed E-state index contributed by atoms with van der Waals surface area (Å²) < 4.78 is 2.24. The van der Waals surface area contributed by atoms with Crippen molar-refractivity contribution in [1.29, 1.82) is 0 Å². The number of benzene rings is 2. The Morgan fingerprint density at radius 3 is 1.32 bits per heavy atom. The van der Waals surface area contributed by atoms with Gasteiger partial charge in [-0.15, -0.1) is 0 Å². The van der Waals surface area contributed by atoms with E-state index in [1.54, 1.807) is 0 Å². The van der Waals surface area contributed by atoms with E-state index < -0.39 is 0 Å². The summed E-state index contributed by atoms with van der Waals surface area (Å²) in [5.41, 5.74) is 2.62. The Balaban J connectivity index is 1.72. The first-order chi connectivity index (χ1) is 10.6. The molecule has 0 amide bonds. The lowest BCUT2D eigenvalue weighted by Crippen LogP contribution is -2.30. The lowest BCUT2D eigenvalue weighted by Gasteiger charge is -2.17. The zero-order valence-corrected chi connectivity index (χ0v) is 16.1. The highest BCUT2D eigenvalue weighted by Gasteiger charge is 2.06. The van der Waals surface area contributed by atoms with Crippen molar-refractivity contribution in [3.63, 3.8) is 0 Å². The van der Waals surface area contributed by atoms with Gasteiger partial charge in [-0.2, -0.15) is 0 Å². The van der Waals surface area contributed by atoms with E-state index in [4.69, 9.17) is 0 Å². The third kappa shape index (κ3) is 5.51. The van der Waals surface area contributed by atoms with Gasteiger partial charge in [0.15, 0.2) is 0 Å². The Hall–Kier alpha value is -0.680. The molecule has 4 heteroatoms. The van der Waals surface area contributed by atoms with Crippen molar-refractivity contribution < 1.29 is 0 Å². The lowest BCUT2D eigenvalue weighted by atomic mass is 10.1. The Morgan fingerprint density at radius 1 is 0.682 bits per heavy atom. The van der Waals surface area contributed by atoms with Crippen LogP contribution < -0.4 is 10.6 Å². The highest BCUT2D eigenvalue weighted by atomic mass is 79.9. The van der Waals surface area contributed by atoms with Crippen molar-refractivity contribution in [2.45, 2.75) is 25.9 Å². The molecule has 0 radical (unpaired) electrons. The van der Waals surface area contributed by atoms with Crippen molar-refractivity contribution in [2.75, 3.05) is 13.1 Å². The molecule has 0 spiro atoms. The topological polar surface area (TPSA) is 24.1 Å². The Morgan fingerprint density at radius 2 is 1.00 bits per heavy atom. The molecule has 2 N–H and O–H groups in total. The molecule has 0 heterocycles. The minimum absolute atomic E-state index is 0.359. The zero-order chi connectivity index (χ0) is 15.9. The van der Waals surface area contributed by atoms with Gasteiger partial charge < -0.3 is 10.6 Å². The maximum atomic E-state index is 3.55. The van der Waals surface area contributed by atoms with Gasteiger partial charge in [-0.1, -0.05) is 56.1 Å². The summed E-state index contributed by atoms with van der Waals surface area (Å²) in [6.45, 7) is 6.28. The number of hydrogen-bond acceptors (Lipinski definition) is 2. The Bertz CT molecular complexity index is 513. The van der Waals surface area contributed by atoms with Crippen LogP contribution in [0.5, 0.6) is 0 Å². The molecule has 0 saturated heterocycles. The normalized spacial score (nSPS) is 13.8. The second-order valence-electron chi connectivity index (χ2n) is 5.45. The highest BCUT2D eigenvalue weighted by molar-refractivity contribution is 9.10. The third-order valence-electron chi connectivity index (χ3n) is 3.77. The molecule has 2 atom stereocenters. The molecule has 2 aromatic carbocycles. The van der Waals surface area contributed by atoms with Crippen LogP contribution in [-0.4, -0.2) is 13.1 Å². The van der Waals surface area contributed by atoms with Crippen LogP contribution in [0.1, 0.15) is 37.1 Å². The number of rotatable bonds is 7. The second-order valence-corrected chi connectivity index (χ2v) is 7.29. The fourth-order valence-electron chi connectivity index (χ4n) is 2.32. The van der Waals surface area contributed by atoms with Gasteiger partial charge in [0.1, 0.15) is 0 Å². The second kappa shape index (κ2) is 8.82. The van der Waals surface area contributed by atoms with E-state index in [0.29, 0.717) is 12.1 Å². The molecule has 0 unspecified atom stereocenters. The van der Waals surface area contributed by atoms with Gasteiger partial charge in [-0.25, -0.2) is 0 Å². The summed E-state index contributed by atoms with van der Waals surface area (Å²) in [7, 11) is 0. The quantitative estimate of drug-likeness (QED) is 0.594. The van der Waals surface area contributed by atoms with Crippen LogP contribution in [0.15, 0.2) is 57.5 Å². The Kier molecular flexibility index (Phi) is 7.09. The van der Waals surface area contributed by atoms with Crippen molar-refractivity contribution >= 4 is 31.9 Å². The van der Waals surface area contributed by atoms with Crippen LogP contribution in [0, 0.1) is 0 Å². The van der Waals surface area contributed by atoms with Crippen LogP contribution >= 0.6 is 31.9 Å². The molecule has 0 aliphatic heterocycles. The molecule has 0 saturated carbocycles. The molecule has 118 valence electrons. The van der Waals surface area contributed by atoms with Crippen molar-refractivity contribution in [1.82, 2.24) is 10.6 Å². The molecule has 0 aliphatic rings. The average Bonchev–Trinajstić information content (AvgIpc) is 2.52. The molecule has 0 bridgehead atoms. The molecule has 2 aromatic rings. The smallest absolute Gasteiger partial charge is 0.0292 e. The van der Waals surface area contributed by atoms with Crippen molar-refractivity contribution in [3.05, 3.63) is 68.6 Å². The molecule has 0 aliphatic carbocycles.